The molecule has 0 aliphatic carbocycles. The summed E-state index contributed by atoms with van der Waals surface area (Å²) in [5, 5.41) is 14.9. The van der Waals surface area contributed by atoms with E-state index >= 15 is 0 Å². The number of hydrogen-bond acceptors (Lipinski definition) is 5. The first kappa shape index (κ1) is 9.61. The summed E-state index contributed by atoms with van der Waals surface area (Å²) in [4.78, 5) is 0. The van der Waals surface area contributed by atoms with Crippen LogP contribution < -0.4 is 5.01 Å². The molecule has 0 radical (unpaired) electrons. The van der Waals surface area contributed by atoms with Gasteiger partial charge in [-0.15, -0.1) is 10.2 Å². The van der Waals surface area contributed by atoms with Gasteiger partial charge in [0.25, 0.3) is 0 Å². The van der Waals surface area contributed by atoms with Crippen LogP contribution in [0.1, 0.15) is 10.9 Å². The Morgan fingerprint density at radius 3 is 2.94 bits per heavy atom. The predicted molar refractivity (Wildman–Crippen MR) is 69.0 cm³/mol. The minimum Gasteiger partial charge on any atom is -0.253 e. The number of nitrogens with zero attached hydrogens (tertiary/aromatic N) is 4. The first-order valence-electron chi connectivity index (χ1n) is 5.21. The van der Waals surface area contributed by atoms with Crippen LogP contribution in [0.5, 0.6) is 0 Å². The summed E-state index contributed by atoms with van der Waals surface area (Å²) in [7, 11) is 0. The molecule has 2 aromatic rings. The third-order valence-corrected chi connectivity index (χ3v) is 4.96. The number of hydrogen-bond donors (Lipinski definition) is 0. The minimum atomic E-state index is 0.288. The monoisotopic (exact) mass is 260 g/mol. The molecule has 1 atom stereocenters. The van der Waals surface area contributed by atoms with Gasteiger partial charge in [0.05, 0.1) is 0 Å². The van der Waals surface area contributed by atoms with Gasteiger partial charge in [-0.25, -0.2) is 4.68 Å². The second-order valence-corrected chi connectivity index (χ2v) is 5.70. The van der Waals surface area contributed by atoms with E-state index in [4.69, 9.17) is 0 Å². The molecule has 1 aromatic heterocycles. The molecule has 6 heteroatoms. The molecule has 0 spiro atoms. The maximum absolute atomic E-state index is 4.09. The lowest BCUT2D eigenvalue weighted by Crippen LogP contribution is -2.28. The van der Waals surface area contributed by atoms with Crippen molar-refractivity contribution in [3.63, 3.8) is 0 Å². The molecule has 84 valence electrons. The molecule has 0 bridgehead atoms. The largest absolute Gasteiger partial charge is 0.253 e. The van der Waals surface area contributed by atoms with E-state index in [-0.39, 0.29) is 5.37 Å². The van der Waals surface area contributed by atoms with E-state index in [1.54, 1.807) is 18.1 Å². The molecular weight excluding hydrogens is 252 g/mol. The zero-order valence-electron chi connectivity index (χ0n) is 8.72. The first-order valence-corrected chi connectivity index (χ1v) is 6.97. The summed E-state index contributed by atoms with van der Waals surface area (Å²) >= 11 is 3.49. The van der Waals surface area contributed by atoms with Gasteiger partial charge in [0, 0.05) is 5.41 Å². The molecule has 4 rings (SSSR count). The van der Waals surface area contributed by atoms with Crippen LogP contribution in [0.4, 0.5) is 0 Å². The number of rotatable bonds is 1. The van der Waals surface area contributed by atoms with Gasteiger partial charge in [0.1, 0.15) is 16.7 Å². The van der Waals surface area contributed by atoms with Crippen molar-refractivity contribution in [1.82, 2.24) is 14.9 Å². The Kier molecular flexibility index (Phi) is 2.00. The maximum atomic E-state index is 4.09. The van der Waals surface area contributed by atoms with Crippen LogP contribution >= 0.6 is 23.5 Å². The van der Waals surface area contributed by atoms with Gasteiger partial charge in [-0.05, 0) is 17.3 Å². The number of fused-ring (bicyclic) bond motifs is 3. The fraction of sp³-hybridized carbons (Fsp3) is 0.0909. The van der Waals surface area contributed by atoms with Gasteiger partial charge in [-0.1, -0.05) is 42.1 Å². The van der Waals surface area contributed by atoms with Crippen molar-refractivity contribution in [2.45, 2.75) is 10.5 Å². The van der Waals surface area contributed by atoms with Gasteiger partial charge >= 0.3 is 0 Å². The topological polar surface area (TPSA) is 34.0 Å². The van der Waals surface area contributed by atoms with E-state index in [0.717, 1.165) is 5.16 Å². The summed E-state index contributed by atoms with van der Waals surface area (Å²) in [6, 6.07) is 10.5. The van der Waals surface area contributed by atoms with Gasteiger partial charge in [0.15, 0.2) is 0 Å². The Morgan fingerprint density at radius 1 is 1.18 bits per heavy atom. The van der Waals surface area contributed by atoms with E-state index in [1.807, 2.05) is 22.5 Å². The van der Waals surface area contributed by atoms with Crippen molar-refractivity contribution in [3.8, 4) is 0 Å². The molecule has 1 aromatic carbocycles. The highest BCUT2D eigenvalue weighted by Gasteiger charge is 2.37. The van der Waals surface area contributed by atoms with E-state index in [0.29, 0.717) is 0 Å². The van der Waals surface area contributed by atoms with Crippen LogP contribution in [-0.2, 0) is 0 Å². The predicted octanol–water partition coefficient (Wildman–Crippen LogP) is 2.57. The van der Waals surface area contributed by atoms with E-state index in [2.05, 4.69) is 44.9 Å². The Balaban J connectivity index is 1.78. The van der Waals surface area contributed by atoms with E-state index < -0.39 is 0 Å². The van der Waals surface area contributed by atoms with Crippen LogP contribution in [0.3, 0.4) is 0 Å². The van der Waals surface area contributed by atoms with Gasteiger partial charge < -0.3 is 0 Å². The second kappa shape index (κ2) is 3.54. The highest BCUT2D eigenvalue weighted by atomic mass is 32.2. The number of thioether (sulfide) groups is 2. The molecule has 2 aliphatic rings. The number of benzene rings is 1. The lowest BCUT2D eigenvalue weighted by molar-refractivity contribution is 0.634. The molecule has 0 N–H and O–H groups in total. The molecule has 0 amide bonds. The quantitative estimate of drug-likeness (QED) is 0.787. The molecular formula is C11H8N4S2. The van der Waals surface area contributed by atoms with E-state index in [9.17, 15) is 0 Å². The summed E-state index contributed by atoms with van der Waals surface area (Å²) in [6.07, 6.45) is 1.77. The average molecular weight is 260 g/mol. The van der Waals surface area contributed by atoms with Crippen LogP contribution in [0.2, 0.25) is 0 Å². The van der Waals surface area contributed by atoms with Crippen molar-refractivity contribution in [2.75, 3.05) is 5.01 Å². The minimum absolute atomic E-state index is 0.288. The van der Waals surface area contributed by atoms with E-state index in [1.165, 1.54) is 10.6 Å². The molecule has 3 heterocycles. The molecule has 4 nitrogen and oxygen atoms in total. The Hall–Kier alpha value is -1.40. The molecule has 1 unspecified atom stereocenters. The third kappa shape index (κ3) is 1.34. The normalized spacial score (nSPS) is 21.3. The van der Waals surface area contributed by atoms with Crippen molar-refractivity contribution < 1.29 is 0 Å². The van der Waals surface area contributed by atoms with Crippen molar-refractivity contribution in [3.05, 3.63) is 52.7 Å². The third-order valence-electron chi connectivity index (χ3n) is 2.76. The summed E-state index contributed by atoms with van der Waals surface area (Å²) in [5.41, 5.74) is 1.30. The van der Waals surface area contributed by atoms with Crippen molar-refractivity contribution in [1.29, 1.82) is 0 Å². The van der Waals surface area contributed by atoms with Crippen molar-refractivity contribution in [2.24, 2.45) is 0 Å². The standard InChI is InChI=1S/C11H8N4S2/c1-2-4-8(5-3-1)10-15-9(6-16-10)17-11-13-12-7-14(11)15/h1-7,10H. The summed E-state index contributed by atoms with van der Waals surface area (Å²) in [5.74, 6) is 0. The van der Waals surface area contributed by atoms with Crippen LogP contribution in [0.25, 0.3) is 0 Å². The fourth-order valence-corrected chi connectivity index (χ4v) is 4.22. The van der Waals surface area contributed by atoms with Gasteiger partial charge in [0.2, 0.25) is 5.16 Å². The Morgan fingerprint density at radius 2 is 2.06 bits per heavy atom. The van der Waals surface area contributed by atoms with Crippen LogP contribution in [0, 0.1) is 0 Å². The average Bonchev–Trinajstić information content (AvgIpc) is 3.00. The molecule has 0 saturated carbocycles. The fourth-order valence-electron chi connectivity index (χ4n) is 2.01. The smallest absolute Gasteiger partial charge is 0.216 e. The SMILES string of the molecule is C1=C2Sc3nncn3N2C(c2ccccc2)S1. The maximum Gasteiger partial charge on any atom is 0.216 e. The first-order chi connectivity index (χ1) is 8.43. The molecule has 0 fully saturated rings. The van der Waals surface area contributed by atoms with Crippen molar-refractivity contribution >= 4 is 23.5 Å². The Labute approximate surface area is 107 Å². The summed E-state index contributed by atoms with van der Waals surface area (Å²) in [6.45, 7) is 0. The molecule has 0 saturated heterocycles. The highest BCUT2D eigenvalue weighted by molar-refractivity contribution is 8.07. The lowest BCUT2D eigenvalue weighted by atomic mass is 10.2. The van der Waals surface area contributed by atoms with Gasteiger partial charge in [-0.2, -0.15) is 0 Å². The lowest BCUT2D eigenvalue weighted by Gasteiger charge is -2.24. The second-order valence-electron chi connectivity index (χ2n) is 3.76. The zero-order valence-corrected chi connectivity index (χ0v) is 10.4. The zero-order chi connectivity index (χ0) is 11.2. The molecule has 17 heavy (non-hydrogen) atoms. The summed E-state index contributed by atoms with van der Waals surface area (Å²) < 4.78 is 2.02. The van der Waals surface area contributed by atoms with Crippen LogP contribution in [-0.4, -0.2) is 14.9 Å². The highest BCUT2D eigenvalue weighted by Crippen LogP contribution is 2.50. The van der Waals surface area contributed by atoms with Gasteiger partial charge in [-0.3, -0.25) is 5.01 Å². The Bertz CT molecular complexity index is 593. The molecule has 2 aliphatic heterocycles. The number of aromatic nitrogens is 3. The van der Waals surface area contributed by atoms with Crippen LogP contribution in [0.15, 0.2) is 52.3 Å².